The van der Waals surface area contributed by atoms with E-state index in [0.717, 1.165) is 10.0 Å². The van der Waals surface area contributed by atoms with Gasteiger partial charge in [0.05, 0.1) is 0 Å². The first-order valence-electron chi connectivity index (χ1n) is 9.74. The van der Waals surface area contributed by atoms with Crippen LogP contribution in [0.3, 0.4) is 0 Å². The summed E-state index contributed by atoms with van der Waals surface area (Å²) in [5.41, 5.74) is 3.77. The number of alkyl carbamates (subject to hydrolysis) is 1. The van der Waals surface area contributed by atoms with Gasteiger partial charge < -0.3 is 15.0 Å². The zero-order valence-electron chi connectivity index (χ0n) is 16.3. The first-order chi connectivity index (χ1) is 14.5. The van der Waals surface area contributed by atoms with Gasteiger partial charge in [0.25, 0.3) is 5.91 Å². The maximum atomic E-state index is 12.7. The molecule has 2 N–H and O–H groups in total. The van der Waals surface area contributed by atoms with E-state index in [2.05, 4.69) is 26.7 Å². The lowest BCUT2D eigenvalue weighted by molar-refractivity contribution is -0.0769. The number of carbonyl (C=O) groups excluding carboxylic acids is 2. The molecule has 7 nitrogen and oxygen atoms in total. The van der Waals surface area contributed by atoms with Gasteiger partial charge in [-0.1, -0.05) is 46.3 Å². The highest BCUT2D eigenvalue weighted by Crippen LogP contribution is 2.32. The Balaban J connectivity index is 1.28. The summed E-state index contributed by atoms with van der Waals surface area (Å²) in [5, 5.41) is 2.71. The topological polar surface area (TPSA) is 79.9 Å². The molecule has 2 aromatic carbocycles. The summed E-state index contributed by atoms with van der Waals surface area (Å²) in [4.78, 5) is 32.2. The number of carbonyl (C=O) groups is 2. The van der Waals surface area contributed by atoms with Crippen molar-refractivity contribution in [3.8, 4) is 0 Å². The normalized spacial score (nSPS) is 17.2. The molecule has 2 aliphatic heterocycles. The van der Waals surface area contributed by atoms with E-state index < -0.39 is 11.7 Å². The van der Waals surface area contributed by atoms with Crippen LogP contribution in [0.4, 0.5) is 4.79 Å². The largest absolute Gasteiger partial charge is 0.414 e. The van der Waals surface area contributed by atoms with E-state index in [1.54, 1.807) is 6.08 Å². The number of ether oxygens (including phenoxy) is 1. The summed E-state index contributed by atoms with van der Waals surface area (Å²) < 4.78 is 6.24. The highest BCUT2D eigenvalue weighted by molar-refractivity contribution is 9.10. The van der Waals surface area contributed by atoms with Crippen LogP contribution in [0.2, 0.25) is 0 Å². The van der Waals surface area contributed by atoms with Gasteiger partial charge in [0, 0.05) is 48.6 Å². The molecule has 156 valence electrons. The standard InChI is InChI=1S/C22H22BrN3O4/c23-18-8-6-17(7-9-18)20(27)26-12-10-22(11-13-26)14-19(25-30-22)29-21(28)24-15-16-4-2-1-3-5-16/h1-9,14,25H,10-13,15H2,(H,24,28). The van der Waals surface area contributed by atoms with Gasteiger partial charge in [0.2, 0.25) is 5.88 Å². The lowest BCUT2D eigenvalue weighted by atomic mass is 9.91. The number of hydrogen-bond acceptors (Lipinski definition) is 5. The van der Waals surface area contributed by atoms with Gasteiger partial charge in [0.1, 0.15) is 5.60 Å². The molecule has 2 heterocycles. The van der Waals surface area contributed by atoms with Crippen molar-refractivity contribution in [2.45, 2.75) is 25.0 Å². The molecule has 4 rings (SSSR count). The van der Waals surface area contributed by atoms with Crippen LogP contribution in [0, 0.1) is 0 Å². The predicted octanol–water partition coefficient (Wildman–Crippen LogP) is 3.73. The zero-order chi connectivity index (χ0) is 21.0. The molecule has 8 heteroatoms. The molecule has 1 saturated heterocycles. The van der Waals surface area contributed by atoms with Gasteiger partial charge >= 0.3 is 6.09 Å². The third kappa shape index (κ3) is 4.83. The van der Waals surface area contributed by atoms with Gasteiger partial charge in [-0.25, -0.2) is 10.3 Å². The van der Waals surface area contributed by atoms with E-state index >= 15 is 0 Å². The van der Waals surface area contributed by atoms with Crippen LogP contribution in [0.1, 0.15) is 28.8 Å². The molecule has 0 radical (unpaired) electrons. The predicted molar refractivity (Wildman–Crippen MR) is 114 cm³/mol. The number of amides is 2. The molecule has 1 fully saturated rings. The maximum absolute atomic E-state index is 12.7. The molecule has 30 heavy (non-hydrogen) atoms. The fourth-order valence-corrected chi connectivity index (χ4v) is 3.78. The molecule has 0 aromatic heterocycles. The first kappa shape index (κ1) is 20.4. The van der Waals surface area contributed by atoms with Crippen LogP contribution in [-0.2, 0) is 16.1 Å². The van der Waals surface area contributed by atoms with E-state index in [1.807, 2.05) is 59.5 Å². The van der Waals surface area contributed by atoms with E-state index in [1.165, 1.54) is 0 Å². The highest BCUT2D eigenvalue weighted by atomic mass is 79.9. The Morgan fingerprint density at radius 3 is 2.50 bits per heavy atom. The molecule has 2 amide bonds. The van der Waals surface area contributed by atoms with Crippen molar-refractivity contribution < 1.29 is 19.2 Å². The molecule has 2 aromatic rings. The van der Waals surface area contributed by atoms with Crippen LogP contribution in [0.25, 0.3) is 0 Å². The van der Waals surface area contributed by atoms with Crippen molar-refractivity contribution in [1.82, 2.24) is 15.7 Å². The zero-order valence-corrected chi connectivity index (χ0v) is 17.9. The quantitative estimate of drug-likeness (QED) is 0.709. The molecule has 2 aliphatic rings. The van der Waals surface area contributed by atoms with Gasteiger partial charge in [-0.05, 0) is 29.8 Å². The van der Waals surface area contributed by atoms with E-state index in [9.17, 15) is 9.59 Å². The fraction of sp³-hybridized carbons (Fsp3) is 0.273. The summed E-state index contributed by atoms with van der Waals surface area (Å²) >= 11 is 3.38. The second-order valence-corrected chi connectivity index (χ2v) is 8.22. The van der Waals surface area contributed by atoms with Crippen molar-refractivity contribution in [3.63, 3.8) is 0 Å². The van der Waals surface area contributed by atoms with Crippen molar-refractivity contribution in [3.05, 3.63) is 82.2 Å². The van der Waals surface area contributed by atoms with Gasteiger partial charge in [0.15, 0.2) is 0 Å². The molecule has 0 unspecified atom stereocenters. The van der Waals surface area contributed by atoms with Gasteiger partial charge in [-0.3, -0.25) is 9.63 Å². The van der Waals surface area contributed by atoms with Crippen molar-refractivity contribution in [2.24, 2.45) is 0 Å². The fourth-order valence-electron chi connectivity index (χ4n) is 3.52. The molecule has 0 saturated carbocycles. The lowest BCUT2D eigenvalue weighted by Gasteiger charge is -2.36. The number of rotatable bonds is 4. The average Bonchev–Trinajstić information content (AvgIpc) is 3.15. The Hall–Kier alpha value is -2.84. The third-order valence-corrected chi connectivity index (χ3v) is 5.75. The number of nitrogens with zero attached hydrogens (tertiary/aromatic N) is 1. The van der Waals surface area contributed by atoms with Gasteiger partial charge in [-0.2, -0.15) is 0 Å². The SMILES string of the molecule is O=C(NCc1ccccc1)OC1=CC2(CCN(C(=O)c3ccc(Br)cc3)CC2)ON1. The van der Waals surface area contributed by atoms with Crippen LogP contribution in [-0.4, -0.2) is 35.6 Å². The van der Waals surface area contributed by atoms with Crippen LogP contribution in [0.5, 0.6) is 0 Å². The molecular formula is C22H22BrN3O4. The highest BCUT2D eigenvalue weighted by Gasteiger charge is 2.40. The van der Waals surface area contributed by atoms with E-state index in [0.29, 0.717) is 38.0 Å². The van der Waals surface area contributed by atoms with Crippen LogP contribution in [0.15, 0.2) is 71.0 Å². The van der Waals surface area contributed by atoms with Crippen molar-refractivity contribution >= 4 is 27.9 Å². The van der Waals surface area contributed by atoms with E-state index in [-0.39, 0.29) is 11.8 Å². The number of piperidine rings is 1. The maximum Gasteiger partial charge on any atom is 0.414 e. The number of nitrogens with one attached hydrogen (secondary N) is 2. The summed E-state index contributed by atoms with van der Waals surface area (Å²) in [6, 6.07) is 16.9. The molecule has 0 atom stereocenters. The summed E-state index contributed by atoms with van der Waals surface area (Å²) in [5.74, 6) is 0.275. The lowest BCUT2D eigenvalue weighted by Crippen LogP contribution is -2.46. The number of hydrogen-bond donors (Lipinski definition) is 2. The monoisotopic (exact) mass is 471 g/mol. The second-order valence-electron chi connectivity index (χ2n) is 7.31. The summed E-state index contributed by atoms with van der Waals surface area (Å²) in [6.07, 6.45) is 2.46. The Labute approximate surface area is 183 Å². The van der Waals surface area contributed by atoms with Crippen LogP contribution >= 0.6 is 15.9 Å². The number of halogens is 1. The summed E-state index contributed by atoms with van der Waals surface area (Å²) in [7, 11) is 0. The molecular weight excluding hydrogens is 450 g/mol. The smallest absolute Gasteiger partial charge is 0.392 e. The Bertz CT molecular complexity index is 939. The minimum Gasteiger partial charge on any atom is -0.392 e. The summed E-state index contributed by atoms with van der Waals surface area (Å²) in [6.45, 7) is 1.49. The minimum atomic E-state index is -0.578. The number of likely N-dealkylation sites (tertiary alicyclic amines) is 1. The molecule has 1 spiro atoms. The van der Waals surface area contributed by atoms with Crippen molar-refractivity contribution in [1.29, 1.82) is 0 Å². The van der Waals surface area contributed by atoms with Crippen LogP contribution < -0.4 is 10.8 Å². The third-order valence-electron chi connectivity index (χ3n) is 5.22. The second kappa shape index (κ2) is 8.89. The van der Waals surface area contributed by atoms with Crippen molar-refractivity contribution in [2.75, 3.05) is 13.1 Å². The minimum absolute atomic E-state index is 0.00375. The Morgan fingerprint density at radius 1 is 1.10 bits per heavy atom. The Kier molecular flexibility index (Phi) is 6.06. The molecule has 0 aliphatic carbocycles. The van der Waals surface area contributed by atoms with Gasteiger partial charge in [-0.15, -0.1) is 0 Å². The number of hydroxylamine groups is 1. The van der Waals surface area contributed by atoms with E-state index in [4.69, 9.17) is 9.57 Å². The molecule has 0 bridgehead atoms. The average molecular weight is 472 g/mol. The first-order valence-corrected chi connectivity index (χ1v) is 10.5. The Morgan fingerprint density at radius 2 is 1.80 bits per heavy atom. The number of benzene rings is 2.